The summed E-state index contributed by atoms with van der Waals surface area (Å²) in [4.78, 5) is 35.5. The molecule has 158 valence electrons. The zero-order valence-electron chi connectivity index (χ0n) is 15.4. The molecule has 13 nitrogen and oxygen atoms in total. The average Bonchev–Trinajstić information content (AvgIpc) is 3.23. The van der Waals surface area contributed by atoms with Crippen molar-refractivity contribution in [2.24, 2.45) is 5.73 Å². The normalized spacial score (nSPS) is 25.5. The lowest BCUT2D eigenvalue weighted by atomic mass is 10.1. The summed E-state index contributed by atoms with van der Waals surface area (Å²) in [7, 11) is 0. The molecule has 0 bridgehead atoms. The van der Waals surface area contributed by atoms with Crippen LogP contribution in [0.25, 0.3) is 11.2 Å². The highest BCUT2D eigenvalue weighted by atomic mass is 16.6. The summed E-state index contributed by atoms with van der Waals surface area (Å²) >= 11 is 0. The Morgan fingerprint density at radius 1 is 1.34 bits per heavy atom. The summed E-state index contributed by atoms with van der Waals surface area (Å²) in [5, 5.41) is 29.8. The molecule has 5 atom stereocenters. The van der Waals surface area contributed by atoms with Gasteiger partial charge in [0.2, 0.25) is 0 Å². The number of ether oxygens (including phenoxy) is 1. The van der Waals surface area contributed by atoms with E-state index in [1.165, 1.54) is 17.2 Å². The number of nitrogens with two attached hydrogens (primary N) is 2. The smallest absolute Gasteiger partial charge is 0.320 e. The number of aliphatic hydroxyl groups excluding tert-OH is 2. The number of carboxylic acid groups (broad SMARTS) is 1. The Morgan fingerprint density at radius 3 is 2.79 bits per heavy atom. The molecule has 0 aromatic carbocycles. The largest absolute Gasteiger partial charge is 0.480 e. The molecule has 13 heteroatoms. The Labute approximate surface area is 164 Å². The standard InChI is InChI=1S/C16H23N7O6/c17-8(16(27)28)1-2-22(3-4-24)5-9-11(25)12(26)15(29-9)23-7-21-10-13(18)19-6-20-14(10)23/h4,6-9,11-12,15,25-26H,1-3,5,17H2,(H,27,28)(H2,18,19,20)/t8-,9+,11+,12+,15+/m0/s1. The number of nitrogen functional groups attached to an aromatic ring is 1. The number of aromatic nitrogens is 4. The molecule has 7 N–H and O–H groups in total. The first-order valence-corrected chi connectivity index (χ1v) is 8.92. The number of carboxylic acids is 1. The second kappa shape index (κ2) is 8.75. The first-order valence-electron chi connectivity index (χ1n) is 8.92. The first kappa shape index (κ1) is 21.0. The summed E-state index contributed by atoms with van der Waals surface area (Å²) in [5.41, 5.74) is 11.9. The summed E-state index contributed by atoms with van der Waals surface area (Å²) < 4.78 is 7.28. The summed E-state index contributed by atoms with van der Waals surface area (Å²) in [6.07, 6.45) is -0.949. The van der Waals surface area contributed by atoms with E-state index >= 15 is 0 Å². The summed E-state index contributed by atoms with van der Waals surface area (Å²) in [6, 6.07) is -1.07. The van der Waals surface area contributed by atoms with Crippen molar-refractivity contribution in [1.29, 1.82) is 0 Å². The van der Waals surface area contributed by atoms with Crippen molar-refractivity contribution in [1.82, 2.24) is 24.4 Å². The number of imidazole rings is 1. The third-order valence-corrected chi connectivity index (χ3v) is 4.84. The van der Waals surface area contributed by atoms with Crippen LogP contribution in [-0.4, -0.2) is 96.0 Å². The fraction of sp³-hybridized carbons (Fsp3) is 0.562. The van der Waals surface area contributed by atoms with E-state index in [0.717, 1.165) is 0 Å². The number of aliphatic hydroxyl groups is 2. The number of nitrogens with zero attached hydrogens (tertiary/aromatic N) is 5. The van der Waals surface area contributed by atoms with Gasteiger partial charge in [0.05, 0.1) is 12.9 Å². The number of aliphatic carboxylic acids is 1. The second-order valence-corrected chi connectivity index (χ2v) is 6.79. The molecule has 1 fully saturated rings. The molecule has 3 heterocycles. The van der Waals surface area contributed by atoms with Crippen LogP contribution in [0.3, 0.4) is 0 Å². The molecule has 2 aromatic rings. The fourth-order valence-electron chi connectivity index (χ4n) is 3.23. The molecule has 2 aromatic heterocycles. The van der Waals surface area contributed by atoms with E-state index in [1.54, 1.807) is 4.90 Å². The number of fused-ring (bicyclic) bond motifs is 1. The monoisotopic (exact) mass is 409 g/mol. The maximum atomic E-state index is 11.0. The summed E-state index contributed by atoms with van der Waals surface area (Å²) in [5.74, 6) is -0.970. The number of aldehydes is 1. The molecular formula is C16H23N7O6. The molecule has 0 unspecified atom stereocenters. The van der Waals surface area contributed by atoms with Crippen LogP contribution >= 0.6 is 0 Å². The van der Waals surface area contributed by atoms with Gasteiger partial charge in [0.1, 0.15) is 42.5 Å². The molecule has 0 saturated carbocycles. The van der Waals surface area contributed by atoms with Crippen LogP contribution in [0.15, 0.2) is 12.7 Å². The van der Waals surface area contributed by atoms with Gasteiger partial charge in [-0.15, -0.1) is 0 Å². The maximum Gasteiger partial charge on any atom is 0.320 e. The zero-order valence-corrected chi connectivity index (χ0v) is 15.4. The second-order valence-electron chi connectivity index (χ2n) is 6.79. The lowest BCUT2D eigenvalue weighted by molar-refractivity contribution is -0.138. The fourth-order valence-corrected chi connectivity index (χ4v) is 3.23. The van der Waals surface area contributed by atoms with Crippen molar-refractivity contribution in [3.05, 3.63) is 12.7 Å². The van der Waals surface area contributed by atoms with Crippen LogP contribution in [0, 0.1) is 0 Å². The van der Waals surface area contributed by atoms with Gasteiger partial charge in [-0.2, -0.15) is 0 Å². The van der Waals surface area contributed by atoms with Crippen molar-refractivity contribution < 1.29 is 29.6 Å². The van der Waals surface area contributed by atoms with Crippen molar-refractivity contribution in [3.63, 3.8) is 0 Å². The van der Waals surface area contributed by atoms with E-state index in [4.69, 9.17) is 21.3 Å². The van der Waals surface area contributed by atoms with E-state index < -0.39 is 36.6 Å². The Hall–Kier alpha value is -2.71. The lowest BCUT2D eigenvalue weighted by Crippen LogP contribution is -2.43. The van der Waals surface area contributed by atoms with Gasteiger partial charge >= 0.3 is 5.97 Å². The quantitative estimate of drug-likeness (QED) is 0.269. The predicted octanol–water partition coefficient (Wildman–Crippen LogP) is -2.67. The van der Waals surface area contributed by atoms with E-state index in [1.807, 2.05) is 0 Å². The Bertz CT molecular complexity index is 877. The molecule has 29 heavy (non-hydrogen) atoms. The SMILES string of the molecule is Nc1ncnc2c1ncn2[C@@H]1O[C@H](CN(CC=O)CC[C@H](N)C(=O)O)[C@@H](O)[C@H]1O. The van der Waals surface area contributed by atoms with E-state index in [-0.39, 0.29) is 31.9 Å². The minimum Gasteiger partial charge on any atom is -0.480 e. The van der Waals surface area contributed by atoms with Gasteiger partial charge in [0.15, 0.2) is 17.7 Å². The minimum absolute atomic E-state index is 0.00253. The number of anilines is 1. The van der Waals surface area contributed by atoms with Gasteiger partial charge in [-0.05, 0) is 6.42 Å². The predicted molar refractivity (Wildman–Crippen MR) is 98.4 cm³/mol. The Morgan fingerprint density at radius 2 is 2.10 bits per heavy atom. The number of carbonyl (C=O) groups is 2. The van der Waals surface area contributed by atoms with Crippen molar-refractivity contribution in [2.45, 2.75) is 37.0 Å². The van der Waals surface area contributed by atoms with Crippen LogP contribution < -0.4 is 11.5 Å². The van der Waals surface area contributed by atoms with Crippen molar-refractivity contribution in [2.75, 3.05) is 25.4 Å². The highest BCUT2D eigenvalue weighted by Gasteiger charge is 2.44. The molecule has 0 spiro atoms. The average molecular weight is 409 g/mol. The van der Waals surface area contributed by atoms with Gasteiger partial charge in [0.25, 0.3) is 0 Å². The van der Waals surface area contributed by atoms with E-state index in [0.29, 0.717) is 17.5 Å². The highest BCUT2D eigenvalue weighted by molar-refractivity contribution is 5.81. The number of hydrogen-bond acceptors (Lipinski definition) is 11. The van der Waals surface area contributed by atoms with Gasteiger partial charge in [0, 0.05) is 13.1 Å². The van der Waals surface area contributed by atoms with Crippen LogP contribution in [0.5, 0.6) is 0 Å². The minimum atomic E-state index is -1.28. The van der Waals surface area contributed by atoms with E-state index in [9.17, 15) is 19.8 Å². The van der Waals surface area contributed by atoms with Crippen LogP contribution in [0.4, 0.5) is 5.82 Å². The molecule has 1 aliphatic heterocycles. The number of hydrogen-bond donors (Lipinski definition) is 5. The third-order valence-electron chi connectivity index (χ3n) is 4.84. The summed E-state index contributed by atoms with van der Waals surface area (Å²) in [6.45, 7) is 0.290. The first-order chi connectivity index (χ1) is 13.8. The lowest BCUT2D eigenvalue weighted by Gasteiger charge is -2.25. The van der Waals surface area contributed by atoms with Crippen LogP contribution in [-0.2, 0) is 14.3 Å². The van der Waals surface area contributed by atoms with Gasteiger partial charge in [-0.25, -0.2) is 15.0 Å². The number of carbonyl (C=O) groups excluding carboxylic acids is 1. The highest BCUT2D eigenvalue weighted by Crippen LogP contribution is 2.32. The molecule has 1 saturated heterocycles. The molecule has 0 amide bonds. The Kier molecular flexibility index (Phi) is 6.34. The molecule has 3 rings (SSSR count). The van der Waals surface area contributed by atoms with Crippen molar-refractivity contribution in [3.8, 4) is 0 Å². The zero-order chi connectivity index (χ0) is 21.1. The van der Waals surface area contributed by atoms with Crippen molar-refractivity contribution >= 4 is 29.2 Å². The Balaban J connectivity index is 1.73. The van der Waals surface area contributed by atoms with Gasteiger partial charge in [-0.3, -0.25) is 14.3 Å². The van der Waals surface area contributed by atoms with E-state index in [2.05, 4.69) is 15.0 Å². The van der Waals surface area contributed by atoms with Crippen LogP contribution in [0.1, 0.15) is 12.6 Å². The van der Waals surface area contributed by atoms with Gasteiger partial charge in [-0.1, -0.05) is 0 Å². The topological polar surface area (TPSA) is 203 Å². The number of rotatable bonds is 9. The maximum absolute atomic E-state index is 11.0. The molecule has 0 radical (unpaired) electrons. The molecule has 0 aliphatic carbocycles. The molecular weight excluding hydrogens is 386 g/mol. The van der Waals surface area contributed by atoms with Crippen LogP contribution in [0.2, 0.25) is 0 Å². The van der Waals surface area contributed by atoms with Gasteiger partial charge < -0.3 is 36.3 Å². The molecule has 1 aliphatic rings. The third kappa shape index (κ3) is 4.33.